The highest BCUT2D eigenvalue weighted by atomic mass is 14.1. The van der Waals surface area contributed by atoms with Crippen molar-refractivity contribution in [1.29, 1.82) is 0 Å². The fourth-order valence-corrected chi connectivity index (χ4v) is 1.39. The highest BCUT2D eigenvalue weighted by Gasteiger charge is 2.06. The molecule has 0 saturated carbocycles. The van der Waals surface area contributed by atoms with Gasteiger partial charge in [0.05, 0.1) is 0 Å². The predicted molar refractivity (Wildman–Crippen MR) is 50.4 cm³/mol. The molecule has 1 unspecified atom stereocenters. The summed E-state index contributed by atoms with van der Waals surface area (Å²) in [6.45, 7) is 4.31. The summed E-state index contributed by atoms with van der Waals surface area (Å²) in [7, 11) is 0. The van der Waals surface area contributed by atoms with Crippen LogP contribution in [0.15, 0.2) is 36.0 Å². The lowest BCUT2D eigenvalue weighted by Crippen LogP contribution is -1.98. The van der Waals surface area contributed by atoms with Crippen LogP contribution in [0, 0.1) is 5.92 Å². The van der Waals surface area contributed by atoms with Crippen LogP contribution in [0.5, 0.6) is 0 Å². The van der Waals surface area contributed by atoms with Gasteiger partial charge < -0.3 is 0 Å². The van der Waals surface area contributed by atoms with Crippen LogP contribution in [0.4, 0.5) is 0 Å². The van der Waals surface area contributed by atoms with Gasteiger partial charge in [0.1, 0.15) is 0 Å². The van der Waals surface area contributed by atoms with Gasteiger partial charge in [0.2, 0.25) is 0 Å². The smallest absolute Gasteiger partial charge is 0.0193 e. The van der Waals surface area contributed by atoms with Crippen molar-refractivity contribution in [2.24, 2.45) is 5.92 Å². The zero-order valence-corrected chi connectivity index (χ0v) is 7.38. The van der Waals surface area contributed by atoms with Crippen molar-refractivity contribution in [1.82, 2.24) is 0 Å². The van der Waals surface area contributed by atoms with E-state index in [9.17, 15) is 0 Å². The molecule has 0 spiro atoms. The molecule has 0 heteroatoms. The maximum atomic E-state index is 2.30. The summed E-state index contributed by atoms with van der Waals surface area (Å²) in [5, 5.41) is 0. The molecule has 0 radical (unpaired) electrons. The van der Waals surface area contributed by atoms with E-state index in [1.807, 2.05) is 0 Å². The molecular formula is C11H16. The lowest BCUT2D eigenvalue weighted by atomic mass is 9.92. The predicted octanol–water partition coefficient (Wildman–Crippen LogP) is 3.48. The molecule has 1 aliphatic rings. The molecule has 0 aromatic rings. The quantitative estimate of drug-likeness (QED) is 0.562. The van der Waals surface area contributed by atoms with E-state index < -0.39 is 0 Å². The van der Waals surface area contributed by atoms with Gasteiger partial charge in [-0.2, -0.15) is 0 Å². The van der Waals surface area contributed by atoms with Gasteiger partial charge in [-0.1, -0.05) is 37.3 Å². The third-order valence-corrected chi connectivity index (χ3v) is 2.10. The third kappa shape index (κ3) is 2.38. The monoisotopic (exact) mass is 148 g/mol. The zero-order valence-electron chi connectivity index (χ0n) is 7.38. The minimum atomic E-state index is 0.770. The maximum Gasteiger partial charge on any atom is -0.0193 e. The standard InChI is InChI=1S/C11H16/c1-3-6-11-8-5-7-10(4-2)9-11/h3,5-8,10H,4,9H2,1-2H3. The van der Waals surface area contributed by atoms with E-state index in [-0.39, 0.29) is 0 Å². The van der Waals surface area contributed by atoms with Crippen molar-refractivity contribution in [3.8, 4) is 0 Å². The van der Waals surface area contributed by atoms with Crippen LogP contribution < -0.4 is 0 Å². The topological polar surface area (TPSA) is 0 Å². The molecule has 60 valence electrons. The molecular weight excluding hydrogens is 132 g/mol. The Morgan fingerprint density at radius 1 is 1.64 bits per heavy atom. The minimum Gasteiger partial charge on any atom is -0.0874 e. The molecule has 0 aliphatic heterocycles. The van der Waals surface area contributed by atoms with Gasteiger partial charge in [-0.05, 0) is 31.3 Å². The van der Waals surface area contributed by atoms with Gasteiger partial charge in [0.15, 0.2) is 0 Å². The van der Waals surface area contributed by atoms with Crippen molar-refractivity contribution in [3.05, 3.63) is 36.0 Å². The normalized spacial score (nSPS) is 24.2. The molecule has 0 bridgehead atoms. The fourth-order valence-electron chi connectivity index (χ4n) is 1.39. The Hall–Kier alpha value is -0.780. The molecule has 0 N–H and O–H groups in total. The summed E-state index contributed by atoms with van der Waals surface area (Å²) in [6, 6.07) is 0. The van der Waals surface area contributed by atoms with E-state index in [0.29, 0.717) is 0 Å². The summed E-state index contributed by atoms with van der Waals surface area (Å²) in [5.74, 6) is 0.770. The Bertz CT molecular complexity index is 194. The first-order valence-electron chi connectivity index (χ1n) is 4.37. The summed E-state index contributed by atoms with van der Waals surface area (Å²) in [6.07, 6.45) is 13.5. The van der Waals surface area contributed by atoms with Gasteiger partial charge in [-0.3, -0.25) is 0 Å². The largest absolute Gasteiger partial charge is 0.0874 e. The lowest BCUT2D eigenvalue weighted by molar-refractivity contribution is 0.620. The van der Waals surface area contributed by atoms with E-state index in [1.165, 1.54) is 18.4 Å². The van der Waals surface area contributed by atoms with Crippen molar-refractivity contribution in [2.75, 3.05) is 0 Å². The maximum absolute atomic E-state index is 2.30. The molecule has 0 fully saturated rings. The van der Waals surface area contributed by atoms with Crippen LogP contribution in [0.2, 0.25) is 0 Å². The fraction of sp³-hybridized carbons (Fsp3) is 0.455. The Morgan fingerprint density at radius 2 is 2.45 bits per heavy atom. The second kappa shape index (κ2) is 4.17. The van der Waals surface area contributed by atoms with E-state index in [4.69, 9.17) is 0 Å². The summed E-state index contributed by atoms with van der Waals surface area (Å²) < 4.78 is 0. The number of allylic oxidation sites excluding steroid dienone is 6. The van der Waals surface area contributed by atoms with Crippen LogP contribution >= 0.6 is 0 Å². The Balaban J connectivity index is 2.57. The zero-order chi connectivity index (χ0) is 8.10. The Labute approximate surface area is 69.3 Å². The SMILES string of the molecule is CC=CC1=CC=CC(CC)C1. The molecule has 0 saturated heterocycles. The van der Waals surface area contributed by atoms with E-state index >= 15 is 0 Å². The van der Waals surface area contributed by atoms with Crippen LogP contribution in [0.3, 0.4) is 0 Å². The van der Waals surface area contributed by atoms with Gasteiger partial charge >= 0.3 is 0 Å². The van der Waals surface area contributed by atoms with Crippen LogP contribution in [-0.2, 0) is 0 Å². The van der Waals surface area contributed by atoms with Crippen molar-refractivity contribution >= 4 is 0 Å². The second-order valence-electron chi connectivity index (χ2n) is 3.00. The molecule has 1 aliphatic carbocycles. The Kier molecular flexibility index (Phi) is 3.15. The van der Waals surface area contributed by atoms with Gasteiger partial charge in [0, 0.05) is 0 Å². The van der Waals surface area contributed by atoms with E-state index in [2.05, 4.69) is 44.2 Å². The second-order valence-corrected chi connectivity index (χ2v) is 3.00. The van der Waals surface area contributed by atoms with Gasteiger partial charge in [0.25, 0.3) is 0 Å². The molecule has 0 aromatic carbocycles. The first-order valence-corrected chi connectivity index (χ1v) is 4.37. The minimum absolute atomic E-state index is 0.770. The highest BCUT2D eigenvalue weighted by molar-refractivity contribution is 5.28. The van der Waals surface area contributed by atoms with E-state index in [0.717, 1.165) is 5.92 Å². The molecule has 11 heavy (non-hydrogen) atoms. The Morgan fingerprint density at radius 3 is 3.09 bits per heavy atom. The average Bonchev–Trinajstić information content (AvgIpc) is 2.06. The van der Waals surface area contributed by atoms with Crippen molar-refractivity contribution < 1.29 is 0 Å². The van der Waals surface area contributed by atoms with Crippen LogP contribution in [0.25, 0.3) is 0 Å². The van der Waals surface area contributed by atoms with E-state index in [1.54, 1.807) is 0 Å². The average molecular weight is 148 g/mol. The van der Waals surface area contributed by atoms with Crippen LogP contribution in [-0.4, -0.2) is 0 Å². The van der Waals surface area contributed by atoms with Crippen molar-refractivity contribution in [3.63, 3.8) is 0 Å². The molecule has 0 nitrogen and oxygen atoms in total. The third-order valence-electron chi connectivity index (χ3n) is 2.10. The van der Waals surface area contributed by atoms with Crippen LogP contribution in [0.1, 0.15) is 26.7 Å². The number of rotatable bonds is 2. The lowest BCUT2D eigenvalue weighted by Gasteiger charge is -2.13. The molecule has 1 atom stereocenters. The highest BCUT2D eigenvalue weighted by Crippen LogP contribution is 2.21. The summed E-state index contributed by atoms with van der Waals surface area (Å²) >= 11 is 0. The van der Waals surface area contributed by atoms with Gasteiger partial charge in [-0.25, -0.2) is 0 Å². The molecule has 0 amide bonds. The van der Waals surface area contributed by atoms with Crippen molar-refractivity contribution in [2.45, 2.75) is 26.7 Å². The first kappa shape index (κ1) is 8.32. The molecule has 0 heterocycles. The number of hydrogen-bond donors (Lipinski definition) is 0. The van der Waals surface area contributed by atoms with Gasteiger partial charge in [-0.15, -0.1) is 0 Å². The molecule has 0 aromatic heterocycles. The molecule has 1 rings (SSSR count). The summed E-state index contributed by atoms with van der Waals surface area (Å²) in [5.41, 5.74) is 1.46. The first-order chi connectivity index (χ1) is 5.36. The number of hydrogen-bond acceptors (Lipinski definition) is 0. The summed E-state index contributed by atoms with van der Waals surface area (Å²) in [4.78, 5) is 0.